The number of nitrogens with zero attached hydrogens (tertiary/aromatic N) is 4. The van der Waals surface area contributed by atoms with Crippen molar-refractivity contribution in [3.05, 3.63) is 64.1 Å². The van der Waals surface area contributed by atoms with E-state index in [2.05, 4.69) is 36.2 Å². The first kappa shape index (κ1) is 20.3. The zero-order chi connectivity index (χ0) is 21.4. The van der Waals surface area contributed by atoms with Gasteiger partial charge in [0.1, 0.15) is 18.2 Å². The van der Waals surface area contributed by atoms with E-state index in [0.29, 0.717) is 40.7 Å². The van der Waals surface area contributed by atoms with Crippen molar-refractivity contribution in [2.45, 2.75) is 6.10 Å². The van der Waals surface area contributed by atoms with Gasteiger partial charge in [-0.05, 0) is 35.4 Å². The molecule has 3 N–H and O–H groups in total. The van der Waals surface area contributed by atoms with Crippen molar-refractivity contribution in [3.63, 3.8) is 0 Å². The topological polar surface area (TPSA) is 98.8 Å². The quantitative estimate of drug-likeness (QED) is 0.432. The van der Waals surface area contributed by atoms with E-state index in [9.17, 15) is 0 Å². The maximum absolute atomic E-state index is 6.58. The Morgan fingerprint density at radius 1 is 1.13 bits per heavy atom. The summed E-state index contributed by atoms with van der Waals surface area (Å²) in [5, 5.41) is 4.55. The number of nitrogens with two attached hydrogens (primary N) is 1. The van der Waals surface area contributed by atoms with E-state index in [1.807, 2.05) is 36.4 Å². The highest BCUT2D eigenvalue weighted by atomic mass is 79.9. The molecular weight excluding hydrogens is 480 g/mol. The molecule has 0 aliphatic carbocycles. The number of nitrogens with one attached hydrogen (secondary N) is 1. The Morgan fingerprint density at radius 2 is 2.03 bits per heavy atom. The zero-order valence-corrected chi connectivity index (χ0v) is 18.7. The second-order valence-electron chi connectivity index (χ2n) is 7.18. The van der Waals surface area contributed by atoms with Gasteiger partial charge in [-0.25, -0.2) is 15.0 Å². The number of benzene rings is 1. The van der Waals surface area contributed by atoms with E-state index < -0.39 is 0 Å². The average molecular weight is 498 g/mol. The fourth-order valence-electron chi connectivity index (χ4n) is 3.69. The van der Waals surface area contributed by atoms with Gasteiger partial charge in [0.15, 0.2) is 5.65 Å². The van der Waals surface area contributed by atoms with Crippen molar-refractivity contribution in [3.8, 4) is 22.4 Å². The summed E-state index contributed by atoms with van der Waals surface area (Å²) in [6, 6.07) is 11.8. The highest BCUT2D eigenvalue weighted by Gasteiger charge is 2.21. The van der Waals surface area contributed by atoms with Gasteiger partial charge >= 0.3 is 0 Å². The molecule has 0 radical (unpaired) electrons. The normalized spacial score (nSPS) is 16.5. The third-order valence-electron chi connectivity index (χ3n) is 5.17. The lowest BCUT2D eigenvalue weighted by Crippen LogP contribution is -2.33. The van der Waals surface area contributed by atoms with Crippen LogP contribution in [-0.4, -0.2) is 39.6 Å². The number of pyridine rings is 2. The molecule has 0 saturated carbocycles. The molecule has 1 unspecified atom stereocenters. The number of nitrogen functional groups attached to an aromatic ring is 1. The van der Waals surface area contributed by atoms with Crippen molar-refractivity contribution >= 4 is 44.4 Å². The highest BCUT2D eigenvalue weighted by molar-refractivity contribution is 9.10. The average Bonchev–Trinajstić information content (AvgIpc) is 2.79. The SMILES string of the molecule is Nc1ncnc2nc(-c3cnc(C4CNCCO4)c(Cl)c3)cc(-c3cccc(Br)c3)c12. The lowest BCUT2D eigenvalue weighted by atomic mass is 10.00. The number of morpholine rings is 1. The van der Waals surface area contributed by atoms with Crippen LogP contribution >= 0.6 is 27.5 Å². The summed E-state index contributed by atoms with van der Waals surface area (Å²) in [6.07, 6.45) is 3.02. The second kappa shape index (κ2) is 8.47. The van der Waals surface area contributed by atoms with E-state index in [0.717, 1.165) is 33.4 Å². The van der Waals surface area contributed by atoms with E-state index >= 15 is 0 Å². The lowest BCUT2D eigenvalue weighted by molar-refractivity contribution is 0.0251. The van der Waals surface area contributed by atoms with Crippen LogP contribution in [0.1, 0.15) is 11.8 Å². The maximum Gasteiger partial charge on any atom is 0.165 e. The van der Waals surface area contributed by atoms with E-state index in [1.54, 1.807) is 6.20 Å². The highest BCUT2D eigenvalue weighted by Crippen LogP contribution is 2.35. The van der Waals surface area contributed by atoms with Crippen LogP contribution in [0.3, 0.4) is 0 Å². The van der Waals surface area contributed by atoms with Gasteiger partial charge in [0.25, 0.3) is 0 Å². The molecule has 1 atom stereocenters. The molecule has 1 saturated heterocycles. The van der Waals surface area contributed by atoms with Gasteiger partial charge in [0.05, 0.1) is 28.4 Å². The number of aromatic nitrogens is 4. The first-order valence-electron chi connectivity index (χ1n) is 9.75. The molecular formula is C22H18BrClN6O. The van der Waals surface area contributed by atoms with Crippen molar-refractivity contribution in [1.29, 1.82) is 0 Å². The van der Waals surface area contributed by atoms with Crippen LogP contribution in [-0.2, 0) is 4.74 Å². The van der Waals surface area contributed by atoms with Gasteiger partial charge in [0, 0.05) is 29.3 Å². The van der Waals surface area contributed by atoms with Crippen LogP contribution in [0.5, 0.6) is 0 Å². The molecule has 31 heavy (non-hydrogen) atoms. The Hall–Kier alpha value is -2.65. The molecule has 0 amide bonds. The number of fused-ring (bicyclic) bond motifs is 1. The Morgan fingerprint density at radius 3 is 2.81 bits per heavy atom. The zero-order valence-electron chi connectivity index (χ0n) is 16.3. The van der Waals surface area contributed by atoms with Gasteiger partial charge in [-0.1, -0.05) is 39.7 Å². The minimum Gasteiger partial charge on any atom is -0.383 e. The van der Waals surface area contributed by atoms with Gasteiger partial charge < -0.3 is 15.8 Å². The largest absolute Gasteiger partial charge is 0.383 e. The van der Waals surface area contributed by atoms with Crippen molar-refractivity contribution in [1.82, 2.24) is 25.3 Å². The van der Waals surface area contributed by atoms with Crippen LogP contribution in [0, 0.1) is 0 Å². The minimum atomic E-state index is -0.162. The molecule has 1 aliphatic rings. The molecule has 4 heterocycles. The summed E-state index contributed by atoms with van der Waals surface area (Å²) >= 11 is 10.1. The summed E-state index contributed by atoms with van der Waals surface area (Å²) < 4.78 is 6.75. The van der Waals surface area contributed by atoms with Crippen LogP contribution < -0.4 is 11.1 Å². The molecule has 9 heteroatoms. The maximum atomic E-state index is 6.58. The molecule has 0 bridgehead atoms. The number of hydrogen-bond acceptors (Lipinski definition) is 7. The molecule has 156 valence electrons. The Balaban J connectivity index is 1.65. The number of halogens is 2. The predicted molar refractivity (Wildman–Crippen MR) is 125 cm³/mol. The van der Waals surface area contributed by atoms with Crippen LogP contribution in [0.2, 0.25) is 5.02 Å². The third kappa shape index (κ3) is 3.99. The fraction of sp³-hybridized carbons (Fsp3) is 0.182. The molecule has 1 fully saturated rings. The van der Waals surface area contributed by atoms with Gasteiger partial charge in [-0.3, -0.25) is 4.98 Å². The molecule has 3 aromatic heterocycles. The summed E-state index contributed by atoms with van der Waals surface area (Å²) in [6.45, 7) is 2.15. The molecule has 5 rings (SSSR count). The third-order valence-corrected chi connectivity index (χ3v) is 5.96. The van der Waals surface area contributed by atoms with E-state index in [4.69, 9.17) is 27.1 Å². The van der Waals surface area contributed by atoms with Crippen molar-refractivity contribution < 1.29 is 4.74 Å². The fourth-order valence-corrected chi connectivity index (χ4v) is 4.37. The Labute approximate surface area is 192 Å². The standard InChI is InChI=1S/C22H18BrClN6O/c23-14-3-1-2-12(6-14)15-8-17(30-22-19(15)21(25)28-11-29-22)13-7-16(24)20(27-9-13)18-10-26-4-5-31-18/h1-3,6-9,11,18,26H,4-5,10H2,(H2,25,28,29,30). The molecule has 4 aromatic rings. The van der Waals surface area contributed by atoms with E-state index in [1.165, 1.54) is 6.33 Å². The predicted octanol–water partition coefficient (Wildman–Crippen LogP) is 4.41. The smallest absolute Gasteiger partial charge is 0.165 e. The van der Waals surface area contributed by atoms with Gasteiger partial charge in [-0.2, -0.15) is 0 Å². The van der Waals surface area contributed by atoms with Gasteiger partial charge in [0.2, 0.25) is 0 Å². The summed E-state index contributed by atoms with van der Waals surface area (Å²) in [5.74, 6) is 0.382. The minimum absolute atomic E-state index is 0.162. The monoisotopic (exact) mass is 496 g/mol. The lowest BCUT2D eigenvalue weighted by Gasteiger charge is -2.24. The summed E-state index contributed by atoms with van der Waals surface area (Å²) in [4.78, 5) is 17.8. The van der Waals surface area contributed by atoms with Crippen molar-refractivity contribution in [2.24, 2.45) is 0 Å². The molecule has 7 nitrogen and oxygen atoms in total. The first-order chi connectivity index (χ1) is 15.1. The van der Waals surface area contributed by atoms with Crippen LogP contribution in [0.15, 0.2) is 53.4 Å². The Kier molecular flexibility index (Phi) is 5.54. The van der Waals surface area contributed by atoms with Gasteiger partial charge in [-0.15, -0.1) is 0 Å². The number of anilines is 1. The number of hydrogen-bond donors (Lipinski definition) is 2. The summed E-state index contributed by atoms with van der Waals surface area (Å²) in [5.41, 5.74) is 10.8. The van der Waals surface area contributed by atoms with Crippen LogP contribution in [0.25, 0.3) is 33.4 Å². The van der Waals surface area contributed by atoms with E-state index in [-0.39, 0.29) is 6.10 Å². The number of ether oxygens (including phenoxy) is 1. The molecule has 1 aromatic carbocycles. The number of rotatable bonds is 3. The van der Waals surface area contributed by atoms with Crippen LogP contribution in [0.4, 0.5) is 5.82 Å². The second-order valence-corrected chi connectivity index (χ2v) is 8.50. The Bertz CT molecular complexity index is 1280. The first-order valence-corrected chi connectivity index (χ1v) is 10.9. The molecule has 1 aliphatic heterocycles. The molecule has 0 spiro atoms. The summed E-state index contributed by atoms with van der Waals surface area (Å²) in [7, 11) is 0. The van der Waals surface area contributed by atoms with Crippen molar-refractivity contribution in [2.75, 3.05) is 25.4 Å².